The van der Waals surface area contributed by atoms with Gasteiger partial charge in [0, 0.05) is 18.8 Å². The maximum Gasteiger partial charge on any atom is 0.216 e. The Balaban J connectivity index is 0.00000441. The van der Waals surface area contributed by atoms with Crippen molar-refractivity contribution in [2.45, 2.75) is 34.2 Å². The van der Waals surface area contributed by atoms with E-state index in [9.17, 15) is 8.42 Å². The van der Waals surface area contributed by atoms with E-state index in [0.29, 0.717) is 31.5 Å². The summed E-state index contributed by atoms with van der Waals surface area (Å²) in [7, 11) is -2.98. The van der Waals surface area contributed by atoms with Crippen molar-refractivity contribution in [2.75, 3.05) is 24.6 Å². The molecule has 1 heterocycles. The van der Waals surface area contributed by atoms with Crippen LogP contribution in [0.2, 0.25) is 0 Å². The molecule has 1 aromatic heterocycles. The number of aromatic nitrogens is 1. The van der Waals surface area contributed by atoms with E-state index in [1.54, 1.807) is 6.92 Å². The highest BCUT2D eigenvalue weighted by Gasteiger charge is 2.08. The molecule has 2 N–H and O–H groups in total. The van der Waals surface area contributed by atoms with Gasteiger partial charge in [0.2, 0.25) is 5.89 Å². The van der Waals surface area contributed by atoms with Gasteiger partial charge in [-0.3, -0.25) is 0 Å². The zero-order chi connectivity index (χ0) is 15.9. The Hall–Kier alpha value is -0.840. The summed E-state index contributed by atoms with van der Waals surface area (Å²) in [6.45, 7) is 8.65. The van der Waals surface area contributed by atoms with Crippen LogP contribution in [-0.4, -0.2) is 44.0 Å². The highest BCUT2D eigenvalue weighted by molar-refractivity contribution is 14.0. The number of halogens is 1. The molecule has 9 heteroatoms. The first kappa shape index (κ1) is 21.2. The maximum absolute atomic E-state index is 11.4. The van der Waals surface area contributed by atoms with E-state index in [-0.39, 0.29) is 35.5 Å². The number of hydrogen-bond acceptors (Lipinski definition) is 5. The number of aliphatic imine (C=N–C) groups is 1. The summed E-state index contributed by atoms with van der Waals surface area (Å²) in [5.41, 5.74) is 0.854. The molecule has 0 bridgehead atoms. The van der Waals surface area contributed by atoms with Gasteiger partial charge in [0.1, 0.15) is 12.3 Å². The summed E-state index contributed by atoms with van der Waals surface area (Å²) in [4.78, 5) is 8.58. The van der Waals surface area contributed by atoms with Gasteiger partial charge in [-0.1, -0.05) is 6.92 Å². The van der Waals surface area contributed by atoms with Gasteiger partial charge in [0.25, 0.3) is 0 Å². The van der Waals surface area contributed by atoms with E-state index < -0.39 is 9.84 Å². The first-order valence-electron chi connectivity index (χ1n) is 7.03. The molecule has 0 saturated heterocycles. The topological polar surface area (TPSA) is 96.6 Å². The van der Waals surface area contributed by atoms with Gasteiger partial charge in [-0.2, -0.15) is 0 Å². The molecule has 22 heavy (non-hydrogen) atoms. The second kappa shape index (κ2) is 10.0. The van der Waals surface area contributed by atoms with Crippen molar-refractivity contribution in [3.63, 3.8) is 0 Å². The fourth-order valence-corrected chi connectivity index (χ4v) is 2.27. The van der Waals surface area contributed by atoms with Crippen LogP contribution in [0.4, 0.5) is 0 Å². The van der Waals surface area contributed by atoms with Gasteiger partial charge in [-0.25, -0.2) is 18.4 Å². The molecule has 0 aliphatic carbocycles. The van der Waals surface area contributed by atoms with Crippen molar-refractivity contribution in [2.24, 2.45) is 4.99 Å². The number of guanidine groups is 1. The lowest BCUT2D eigenvalue weighted by molar-refractivity contribution is 0.473. The first-order valence-corrected chi connectivity index (χ1v) is 8.85. The summed E-state index contributed by atoms with van der Waals surface area (Å²) >= 11 is 0. The largest absolute Gasteiger partial charge is 0.444 e. The second-order valence-corrected chi connectivity index (χ2v) is 7.08. The van der Waals surface area contributed by atoms with Crippen LogP contribution in [0, 0.1) is 13.8 Å². The van der Waals surface area contributed by atoms with E-state index >= 15 is 0 Å². The number of nitrogens with zero attached hydrogens (tertiary/aromatic N) is 2. The van der Waals surface area contributed by atoms with Gasteiger partial charge in [-0.15, -0.1) is 24.0 Å². The lowest BCUT2D eigenvalue weighted by Gasteiger charge is -2.10. The molecule has 0 saturated carbocycles. The smallest absolute Gasteiger partial charge is 0.216 e. The van der Waals surface area contributed by atoms with Crippen molar-refractivity contribution >= 4 is 39.8 Å². The standard InChI is InChI=1S/C13H24N4O3S.HI/c1-5-14-13(15-7-8-21(18,19)6-2)16-9-12-17-10(3)11(4)20-12;/h5-9H2,1-4H3,(H2,14,15,16);1H. The third-order valence-corrected chi connectivity index (χ3v) is 4.64. The Labute approximate surface area is 149 Å². The molecule has 0 spiro atoms. The lowest BCUT2D eigenvalue weighted by Crippen LogP contribution is -2.39. The minimum Gasteiger partial charge on any atom is -0.444 e. The summed E-state index contributed by atoms with van der Waals surface area (Å²) in [6.07, 6.45) is 0. The van der Waals surface area contributed by atoms with E-state index in [2.05, 4.69) is 20.6 Å². The normalized spacial score (nSPS) is 11.9. The van der Waals surface area contributed by atoms with Crippen molar-refractivity contribution in [3.05, 3.63) is 17.3 Å². The van der Waals surface area contributed by atoms with Crippen LogP contribution in [0.1, 0.15) is 31.2 Å². The maximum atomic E-state index is 11.4. The quantitative estimate of drug-likeness (QED) is 0.375. The Bertz CT molecular complexity index is 565. The number of sulfone groups is 1. The van der Waals surface area contributed by atoms with E-state index in [4.69, 9.17) is 4.42 Å². The third-order valence-electron chi connectivity index (χ3n) is 2.93. The molecule has 0 aliphatic heterocycles. The van der Waals surface area contributed by atoms with Crippen LogP contribution in [0.25, 0.3) is 0 Å². The minimum atomic E-state index is -2.98. The highest BCUT2D eigenvalue weighted by atomic mass is 127. The van der Waals surface area contributed by atoms with E-state index in [1.165, 1.54) is 0 Å². The fourth-order valence-electron chi connectivity index (χ4n) is 1.56. The zero-order valence-corrected chi connectivity index (χ0v) is 16.6. The van der Waals surface area contributed by atoms with Crippen LogP contribution in [0.3, 0.4) is 0 Å². The van der Waals surface area contributed by atoms with Crippen molar-refractivity contribution in [3.8, 4) is 0 Å². The number of rotatable bonds is 7. The molecule has 0 atom stereocenters. The molecular formula is C13H25IN4O3S. The third kappa shape index (κ3) is 7.43. The Morgan fingerprint density at radius 1 is 1.27 bits per heavy atom. The molecule has 0 fully saturated rings. The Morgan fingerprint density at radius 2 is 1.95 bits per heavy atom. The molecule has 0 amide bonds. The molecule has 1 aromatic rings. The first-order chi connectivity index (χ1) is 9.88. The van der Waals surface area contributed by atoms with Gasteiger partial charge >= 0.3 is 0 Å². The van der Waals surface area contributed by atoms with Gasteiger partial charge < -0.3 is 15.1 Å². The van der Waals surface area contributed by atoms with Crippen LogP contribution < -0.4 is 10.6 Å². The van der Waals surface area contributed by atoms with Crippen molar-refractivity contribution in [1.82, 2.24) is 15.6 Å². The van der Waals surface area contributed by atoms with Crippen LogP contribution in [0.5, 0.6) is 0 Å². The molecule has 0 radical (unpaired) electrons. The number of aryl methyl sites for hydroxylation is 2. The Kier molecular flexibility index (Phi) is 9.65. The van der Waals surface area contributed by atoms with Crippen molar-refractivity contribution < 1.29 is 12.8 Å². The van der Waals surface area contributed by atoms with Crippen LogP contribution in [0.15, 0.2) is 9.41 Å². The van der Waals surface area contributed by atoms with Crippen LogP contribution >= 0.6 is 24.0 Å². The number of oxazole rings is 1. The molecule has 0 unspecified atom stereocenters. The summed E-state index contributed by atoms with van der Waals surface area (Å²) < 4.78 is 28.3. The highest BCUT2D eigenvalue weighted by Crippen LogP contribution is 2.08. The number of nitrogens with one attached hydrogen (secondary N) is 2. The fraction of sp³-hybridized carbons (Fsp3) is 0.692. The average molecular weight is 444 g/mol. The molecule has 7 nitrogen and oxygen atoms in total. The summed E-state index contributed by atoms with van der Waals surface area (Å²) in [5.74, 6) is 2.12. The molecule has 0 aliphatic rings. The molecule has 0 aromatic carbocycles. The van der Waals surface area contributed by atoms with E-state index in [1.807, 2.05) is 20.8 Å². The summed E-state index contributed by atoms with van der Waals surface area (Å²) in [6, 6.07) is 0. The monoisotopic (exact) mass is 444 g/mol. The van der Waals surface area contributed by atoms with Crippen molar-refractivity contribution in [1.29, 1.82) is 0 Å². The minimum absolute atomic E-state index is 0. The Morgan fingerprint density at radius 3 is 2.45 bits per heavy atom. The van der Waals surface area contributed by atoms with Gasteiger partial charge in [0.15, 0.2) is 15.8 Å². The predicted molar refractivity (Wildman–Crippen MR) is 98.5 cm³/mol. The van der Waals surface area contributed by atoms with Gasteiger partial charge in [0.05, 0.1) is 11.4 Å². The van der Waals surface area contributed by atoms with E-state index in [0.717, 1.165) is 11.5 Å². The molecule has 128 valence electrons. The SMILES string of the molecule is CCNC(=NCc1nc(C)c(C)o1)NCCS(=O)(=O)CC.I. The predicted octanol–water partition coefficient (Wildman–Crippen LogP) is 1.40. The number of hydrogen-bond donors (Lipinski definition) is 2. The molecular weight excluding hydrogens is 419 g/mol. The van der Waals surface area contributed by atoms with Crippen LogP contribution in [-0.2, 0) is 16.4 Å². The second-order valence-electron chi connectivity index (χ2n) is 4.61. The average Bonchev–Trinajstić information content (AvgIpc) is 2.75. The lowest BCUT2D eigenvalue weighted by atomic mass is 10.4. The zero-order valence-electron chi connectivity index (χ0n) is 13.5. The molecule has 1 rings (SSSR count). The summed E-state index contributed by atoms with van der Waals surface area (Å²) in [5, 5.41) is 6.05. The van der Waals surface area contributed by atoms with Gasteiger partial charge in [-0.05, 0) is 20.8 Å².